The summed E-state index contributed by atoms with van der Waals surface area (Å²) in [5.41, 5.74) is 0.910. The summed E-state index contributed by atoms with van der Waals surface area (Å²) >= 11 is 0. The molecule has 3 aromatic rings. The molecular weight excluding hydrogens is 618 g/mol. The van der Waals surface area contributed by atoms with Gasteiger partial charge in [0.05, 0.1) is 16.3 Å². The predicted octanol–water partition coefficient (Wildman–Crippen LogP) is 3.45. The first-order chi connectivity index (χ1) is 22.6. The van der Waals surface area contributed by atoms with E-state index >= 15 is 0 Å². The standard InChI is InChI=1S/C34H41N7O5S/c1-33(18-19-33)47(45,46)38-32(44)34-21-23(34)12-6-3-2-4-9-16-27(35-24-13-7-5-8-14-24)31(43)40-22-25(20-29(40)30(42)36-34)41-28-17-11-10-15-26(28)37-39-41/h5-8,10-15,17,23,25,27,29,35H,2-4,9,16,18-22H2,1H3,(H,36,42)(H,38,44)/t23-,25-,27+,29+,34-/m1/s1. The number of benzene rings is 2. The molecule has 248 valence electrons. The van der Waals surface area contributed by atoms with Crippen molar-refractivity contribution >= 4 is 44.5 Å². The molecule has 3 amide bonds. The summed E-state index contributed by atoms with van der Waals surface area (Å²) in [5.74, 6) is -1.77. The number of fused-ring (bicyclic) bond motifs is 3. The molecule has 47 heavy (non-hydrogen) atoms. The number of rotatable bonds is 6. The van der Waals surface area contributed by atoms with E-state index in [2.05, 4.69) is 25.7 Å². The minimum absolute atomic E-state index is 0.205. The van der Waals surface area contributed by atoms with Crippen molar-refractivity contribution in [2.75, 3.05) is 11.9 Å². The first-order valence-corrected chi connectivity index (χ1v) is 18.1. The van der Waals surface area contributed by atoms with Crippen LogP contribution in [0.3, 0.4) is 0 Å². The molecule has 2 aliphatic carbocycles. The molecule has 13 heteroatoms. The van der Waals surface area contributed by atoms with Gasteiger partial charge in [-0.05, 0) is 69.7 Å². The molecule has 3 fully saturated rings. The number of hydrogen-bond acceptors (Lipinski definition) is 8. The summed E-state index contributed by atoms with van der Waals surface area (Å²) in [5, 5.41) is 15.1. The zero-order valence-electron chi connectivity index (χ0n) is 26.5. The highest BCUT2D eigenvalue weighted by Crippen LogP contribution is 2.47. The molecule has 1 aromatic heterocycles. The van der Waals surface area contributed by atoms with E-state index in [0.29, 0.717) is 24.8 Å². The van der Waals surface area contributed by atoms with Crippen LogP contribution in [0, 0.1) is 5.92 Å². The average molecular weight is 660 g/mol. The topological polar surface area (TPSA) is 155 Å². The van der Waals surface area contributed by atoms with Gasteiger partial charge >= 0.3 is 0 Å². The molecule has 5 atom stereocenters. The van der Waals surface area contributed by atoms with Gasteiger partial charge in [0.2, 0.25) is 21.8 Å². The number of carbonyl (C=O) groups excluding carboxylic acids is 3. The number of sulfonamides is 1. The Morgan fingerprint density at radius 2 is 1.79 bits per heavy atom. The summed E-state index contributed by atoms with van der Waals surface area (Å²) in [7, 11) is -3.92. The SMILES string of the molecule is CC1(S(=O)(=O)NC(=O)[C@@]23C[C@H]2C=CCCCCC[C@H](Nc2ccccc2)C(=O)N2C[C@H](n4nnc5ccccc54)C[C@H]2C(=O)N3)CC1. The molecule has 4 aliphatic rings. The lowest BCUT2D eigenvalue weighted by Crippen LogP contribution is -2.58. The second kappa shape index (κ2) is 12.1. The largest absolute Gasteiger partial charge is 0.374 e. The lowest BCUT2D eigenvalue weighted by atomic mass is 10.0. The molecule has 1 saturated heterocycles. The minimum Gasteiger partial charge on any atom is -0.374 e. The van der Waals surface area contributed by atoms with Crippen molar-refractivity contribution in [2.24, 2.45) is 5.92 Å². The zero-order chi connectivity index (χ0) is 32.8. The Hall–Kier alpha value is -4.26. The van der Waals surface area contributed by atoms with Gasteiger partial charge in [0.1, 0.15) is 23.1 Å². The first-order valence-electron chi connectivity index (χ1n) is 16.6. The Labute approximate surface area is 274 Å². The summed E-state index contributed by atoms with van der Waals surface area (Å²) in [6, 6.07) is 15.3. The van der Waals surface area contributed by atoms with Crippen molar-refractivity contribution in [3.8, 4) is 0 Å². The van der Waals surface area contributed by atoms with Gasteiger partial charge < -0.3 is 15.5 Å². The maximum Gasteiger partial charge on any atom is 0.259 e. The molecule has 0 radical (unpaired) electrons. The smallest absolute Gasteiger partial charge is 0.259 e. The van der Waals surface area contributed by atoms with E-state index in [1.165, 1.54) is 0 Å². The number of aromatic nitrogens is 3. The van der Waals surface area contributed by atoms with Gasteiger partial charge in [0, 0.05) is 24.6 Å². The number of allylic oxidation sites excluding steroid dienone is 1. The molecule has 0 spiro atoms. The highest BCUT2D eigenvalue weighted by molar-refractivity contribution is 7.91. The fraction of sp³-hybridized carbons (Fsp3) is 0.500. The third kappa shape index (κ3) is 6.01. The van der Waals surface area contributed by atoms with E-state index in [0.717, 1.165) is 36.9 Å². The molecule has 2 aliphatic heterocycles. The van der Waals surface area contributed by atoms with Crippen molar-refractivity contribution in [1.29, 1.82) is 0 Å². The van der Waals surface area contributed by atoms with Gasteiger partial charge in [-0.3, -0.25) is 19.1 Å². The highest BCUT2D eigenvalue weighted by atomic mass is 32.2. The van der Waals surface area contributed by atoms with Gasteiger partial charge in [0.15, 0.2) is 0 Å². The van der Waals surface area contributed by atoms with Crippen LogP contribution in [0.1, 0.15) is 70.8 Å². The predicted molar refractivity (Wildman–Crippen MR) is 176 cm³/mol. The maximum atomic E-state index is 14.5. The van der Waals surface area contributed by atoms with Gasteiger partial charge in [-0.1, -0.05) is 60.5 Å². The van der Waals surface area contributed by atoms with Crippen LogP contribution >= 0.6 is 0 Å². The van der Waals surface area contributed by atoms with E-state index in [-0.39, 0.29) is 37.3 Å². The minimum atomic E-state index is -3.92. The zero-order valence-corrected chi connectivity index (χ0v) is 27.3. The van der Waals surface area contributed by atoms with Crippen LogP contribution in [0.25, 0.3) is 11.0 Å². The van der Waals surface area contributed by atoms with Crippen LogP contribution in [0.2, 0.25) is 0 Å². The summed E-state index contributed by atoms with van der Waals surface area (Å²) in [6.07, 6.45) is 9.44. The second-order valence-corrected chi connectivity index (χ2v) is 15.9. The number of carbonyl (C=O) groups is 3. The first kappa shape index (κ1) is 31.3. The summed E-state index contributed by atoms with van der Waals surface area (Å²) in [6.45, 7) is 1.85. The van der Waals surface area contributed by atoms with Crippen molar-refractivity contribution in [1.82, 2.24) is 29.9 Å². The fourth-order valence-corrected chi connectivity index (χ4v) is 8.26. The van der Waals surface area contributed by atoms with Crippen molar-refractivity contribution in [3.63, 3.8) is 0 Å². The molecule has 2 aromatic carbocycles. The number of amides is 3. The molecule has 2 saturated carbocycles. The second-order valence-electron chi connectivity index (χ2n) is 13.7. The highest BCUT2D eigenvalue weighted by Gasteiger charge is 2.63. The van der Waals surface area contributed by atoms with Crippen LogP contribution in [0.15, 0.2) is 66.7 Å². The Morgan fingerprint density at radius 3 is 2.57 bits per heavy atom. The number of hydrogen-bond donors (Lipinski definition) is 3. The molecule has 0 bridgehead atoms. The third-order valence-corrected chi connectivity index (χ3v) is 12.5. The lowest BCUT2D eigenvalue weighted by Gasteiger charge is -2.30. The molecule has 0 unspecified atom stereocenters. The van der Waals surface area contributed by atoms with Crippen LogP contribution in [0.4, 0.5) is 5.69 Å². The fourth-order valence-electron chi connectivity index (χ4n) is 6.95. The summed E-state index contributed by atoms with van der Waals surface area (Å²) in [4.78, 5) is 44.1. The van der Waals surface area contributed by atoms with Crippen LogP contribution < -0.4 is 15.4 Å². The third-order valence-electron chi connectivity index (χ3n) is 10.3. The van der Waals surface area contributed by atoms with E-state index in [1.54, 1.807) is 16.5 Å². The quantitative estimate of drug-likeness (QED) is 0.340. The van der Waals surface area contributed by atoms with E-state index in [9.17, 15) is 22.8 Å². The maximum absolute atomic E-state index is 14.5. The number of anilines is 1. The molecule has 12 nitrogen and oxygen atoms in total. The Kier molecular flexibility index (Phi) is 8.05. The van der Waals surface area contributed by atoms with Crippen LogP contribution in [-0.4, -0.2) is 74.9 Å². The van der Waals surface area contributed by atoms with Crippen molar-refractivity contribution in [3.05, 3.63) is 66.7 Å². The monoisotopic (exact) mass is 659 g/mol. The Morgan fingerprint density at radius 1 is 1.02 bits per heavy atom. The van der Waals surface area contributed by atoms with Gasteiger partial charge in [-0.25, -0.2) is 13.1 Å². The van der Waals surface area contributed by atoms with Gasteiger partial charge in [0.25, 0.3) is 5.91 Å². The van der Waals surface area contributed by atoms with Gasteiger partial charge in [-0.15, -0.1) is 5.10 Å². The Bertz CT molecular complexity index is 1820. The average Bonchev–Trinajstić information content (AvgIpc) is 3.85. The van der Waals surface area contributed by atoms with E-state index in [4.69, 9.17) is 0 Å². The van der Waals surface area contributed by atoms with Crippen LogP contribution in [0.5, 0.6) is 0 Å². The number of para-hydroxylation sites is 2. The van der Waals surface area contributed by atoms with Crippen LogP contribution in [-0.2, 0) is 24.4 Å². The Balaban J connectivity index is 1.22. The number of nitrogens with one attached hydrogen (secondary N) is 3. The molecular formula is C34H41N7O5S. The molecule has 3 N–H and O–H groups in total. The molecule has 7 rings (SSSR count). The lowest BCUT2D eigenvalue weighted by molar-refractivity contribution is -0.140. The van der Waals surface area contributed by atoms with Gasteiger partial charge in [-0.2, -0.15) is 0 Å². The van der Waals surface area contributed by atoms with Crippen molar-refractivity contribution in [2.45, 2.75) is 93.1 Å². The number of nitrogens with zero attached hydrogens (tertiary/aromatic N) is 4. The summed E-state index contributed by atoms with van der Waals surface area (Å²) < 4.78 is 29.2. The van der Waals surface area contributed by atoms with E-state index in [1.807, 2.05) is 66.7 Å². The normalized spacial score (nSPS) is 29.2. The molecule has 3 heterocycles. The van der Waals surface area contributed by atoms with E-state index < -0.39 is 44.2 Å². The van der Waals surface area contributed by atoms with Crippen molar-refractivity contribution < 1.29 is 22.8 Å².